The normalized spacial score (nSPS) is 46.0. The maximum Gasteiger partial charge on any atom is 0.335 e. The summed E-state index contributed by atoms with van der Waals surface area (Å²) in [6.45, 7) is 0. The lowest BCUT2D eigenvalue weighted by Crippen LogP contribution is -2.59. The van der Waals surface area contributed by atoms with Gasteiger partial charge in [0.1, 0.15) is 18.3 Å². The molecule has 0 saturated carbocycles. The van der Waals surface area contributed by atoms with E-state index < -0.39 is 36.7 Å². The zero-order chi connectivity index (χ0) is 10.2. The Morgan fingerprint density at radius 1 is 1.00 bits per heavy atom. The summed E-state index contributed by atoms with van der Waals surface area (Å²) in [5, 5.41) is 44.4. The van der Waals surface area contributed by atoms with Crippen LogP contribution in [0.15, 0.2) is 0 Å². The van der Waals surface area contributed by atoms with Crippen LogP contribution in [0.2, 0.25) is 0 Å². The highest BCUT2D eigenvalue weighted by atomic mass is 16.6. The SMILES string of the molecule is O=C(O)C1OC(O)C(O)[C@H](O)[C@@H]1O. The predicted molar refractivity (Wildman–Crippen MR) is 36.5 cm³/mol. The van der Waals surface area contributed by atoms with Crippen molar-refractivity contribution in [3.8, 4) is 0 Å². The number of aliphatic hydroxyl groups excluding tert-OH is 4. The van der Waals surface area contributed by atoms with E-state index in [0.717, 1.165) is 0 Å². The van der Waals surface area contributed by atoms with Gasteiger partial charge in [0, 0.05) is 0 Å². The smallest absolute Gasteiger partial charge is 0.335 e. The zero-order valence-electron chi connectivity index (χ0n) is 6.44. The number of carboxylic acid groups (broad SMARTS) is 1. The Hall–Kier alpha value is -0.730. The summed E-state index contributed by atoms with van der Waals surface area (Å²) in [6.07, 6.45) is -8.72. The van der Waals surface area contributed by atoms with Crippen molar-refractivity contribution in [2.75, 3.05) is 0 Å². The van der Waals surface area contributed by atoms with Gasteiger partial charge in [-0.15, -0.1) is 0 Å². The molecule has 1 saturated heterocycles. The second kappa shape index (κ2) is 3.56. The molecule has 1 aliphatic rings. The van der Waals surface area contributed by atoms with Crippen molar-refractivity contribution >= 4 is 5.97 Å². The third-order valence-corrected chi connectivity index (χ3v) is 1.83. The number of hydrogen-bond donors (Lipinski definition) is 5. The van der Waals surface area contributed by atoms with Crippen molar-refractivity contribution in [1.82, 2.24) is 0 Å². The molecule has 0 aliphatic carbocycles. The molecule has 1 fully saturated rings. The van der Waals surface area contributed by atoms with Gasteiger partial charge in [-0.2, -0.15) is 0 Å². The van der Waals surface area contributed by atoms with Crippen molar-refractivity contribution < 1.29 is 35.1 Å². The van der Waals surface area contributed by atoms with E-state index in [-0.39, 0.29) is 0 Å². The Bertz CT molecular complexity index is 205. The Morgan fingerprint density at radius 2 is 1.54 bits per heavy atom. The summed E-state index contributed by atoms with van der Waals surface area (Å²) in [5.74, 6) is -1.52. The van der Waals surface area contributed by atoms with Gasteiger partial charge in [-0.1, -0.05) is 0 Å². The molecule has 13 heavy (non-hydrogen) atoms. The molecule has 5 atom stereocenters. The summed E-state index contributed by atoms with van der Waals surface area (Å²) in [4.78, 5) is 10.4. The minimum Gasteiger partial charge on any atom is -0.479 e. The number of rotatable bonds is 1. The van der Waals surface area contributed by atoms with Crippen LogP contribution in [-0.2, 0) is 9.53 Å². The summed E-state index contributed by atoms with van der Waals surface area (Å²) >= 11 is 0. The molecule has 5 N–H and O–H groups in total. The van der Waals surface area contributed by atoms with Gasteiger partial charge in [-0.25, -0.2) is 4.79 Å². The van der Waals surface area contributed by atoms with Crippen LogP contribution in [0.5, 0.6) is 0 Å². The topological polar surface area (TPSA) is 127 Å². The molecule has 0 aromatic rings. The van der Waals surface area contributed by atoms with Gasteiger partial charge in [0.2, 0.25) is 0 Å². The first-order valence-electron chi connectivity index (χ1n) is 3.55. The maximum absolute atomic E-state index is 10.4. The lowest BCUT2D eigenvalue weighted by Gasteiger charge is -2.36. The molecule has 7 nitrogen and oxygen atoms in total. The van der Waals surface area contributed by atoms with E-state index >= 15 is 0 Å². The minimum atomic E-state index is -1.81. The highest BCUT2D eigenvalue weighted by molar-refractivity contribution is 5.73. The number of aliphatic carboxylic acids is 1. The molecule has 0 bridgehead atoms. The standard InChI is InChI=1S/C6H10O7/c7-1-2(8)4(5(10)11)13-6(12)3(1)9/h1-4,6-9,12H,(H,10,11)/t1-,2+,3?,4?,6?/m1/s1. The number of aliphatic hydroxyl groups is 4. The first-order valence-corrected chi connectivity index (χ1v) is 3.55. The largest absolute Gasteiger partial charge is 0.479 e. The van der Waals surface area contributed by atoms with Crippen molar-refractivity contribution in [2.24, 2.45) is 0 Å². The Labute approximate surface area is 72.8 Å². The fraction of sp³-hybridized carbons (Fsp3) is 0.833. The van der Waals surface area contributed by atoms with Crippen LogP contribution >= 0.6 is 0 Å². The summed E-state index contributed by atoms with van der Waals surface area (Å²) in [6, 6.07) is 0. The van der Waals surface area contributed by atoms with E-state index in [1.807, 2.05) is 0 Å². The van der Waals surface area contributed by atoms with Gasteiger partial charge in [-0.05, 0) is 0 Å². The fourth-order valence-electron chi connectivity index (χ4n) is 1.07. The number of ether oxygens (including phenoxy) is 1. The molecule has 1 heterocycles. The molecule has 1 aliphatic heterocycles. The van der Waals surface area contributed by atoms with E-state index in [1.54, 1.807) is 0 Å². The van der Waals surface area contributed by atoms with Gasteiger partial charge >= 0.3 is 5.97 Å². The lowest BCUT2D eigenvalue weighted by molar-refractivity contribution is -0.279. The molecule has 0 spiro atoms. The summed E-state index contributed by atoms with van der Waals surface area (Å²) in [5.41, 5.74) is 0. The third-order valence-electron chi connectivity index (χ3n) is 1.83. The second-order valence-electron chi connectivity index (χ2n) is 2.76. The quantitative estimate of drug-likeness (QED) is 0.298. The number of hydrogen-bond acceptors (Lipinski definition) is 6. The first kappa shape index (κ1) is 10.4. The Kier molecular flexibility index (Phi) is 2.84. The molecular weight excluding hydrogens is 184 g/mol. The molecule has 0 radical (unpaired) electrons. The fourth-order valence-corrected chi connectivity index (χ4v) is 1.07. The van der Waals surface area contributed by atoms with E-state index in [2.05, 4.69) is 4.74 Å². The number of carboxylic acids is 1. The highest BCUT2D eigenvalue weighted by Crippen LogP contribution is 2.19. The number of carbonyl (C=O) groups is 1. The van der Waals surface area contributed by atoms with Crippen molar-refractivity contribution in [2.45, 2.75) is 30.7 Å². The van der Waals surface area contributed by atoms with Gasteiger partial charge in [-0.3, -0.25) is 0 Å². The van der Waals surface area contributed by atoms with Crippen LogP contribution in [0.25, 0.3) is 0 Å². The summed E-state index contributed by atoms with van der Waals surface area (Å²) in [7, 11) is 0. The maximum atomic E-state index is 10.4. The minimum absolute atomic E-state index is 1.52. The van der Waals surface area contributed by atoms with Crippen LogP contribution in [0.1, 0.15) is 0 Å². The molecule has 0 aromatic carbocycles. The molecular formula is C6H10O7. The second-order valence-corrected chi connectivity index (χ2v) is 2.76. The van der Waals surface area contributed by atoms with Gasteiger partial charge in [0.25, 0.3) is 0 Å². The van der Waals surface area contributed by atoms with E-state index in [1.165, 1.54) is 0 Å². The van der Waals surface area contributed by atoms with Gasteiger partial charge in [0.05, 0.1) is 0 Å². The van der Waals surface area contributed by atoms with E-state index in [0.29, 0.717) is 0 Å². The average Bonchev–Trinajstić information content (AvgIpc) is 2.07. The monoisotopic (exact) mass is 194 g/mol. The van der Waals surface area contributed by atoms with E-state index in [9.17, 15) is 4.79 Å². The highest BCUT2D eigenvalue weighted by Gasteiger charge is 2.46. The molecule has 0 amide bonds. The van der Waals surface area contributed by atoms with Crippen molar-refractivity contribution in [3.05, 3.63) is 0 Å². The summed E-state index contributed by atoms with van der Waals surface area (Å²) < 4.78 is 4.34. The molecule has 0 aromatic heterocycles. The third kappa shape index (κ3) is 1.79. The molecule has 76 valence electrons. The van der Waals surface area contributed by atoms with Crippen molar-refractivity contribution in [3.63, 3.8) is 0 Å². The van der Waals surface area contributed by atoms with Gasteiger partial charge in [0.15, 0.2) is 12.4 Å². The van der Waals surface area contributed by atoms with Crippen LogP contribution in [0.3, 0.4) is 0 Å². The van der Waals surface area contributed by atoms with Crippen LogP contribution in [0.4, 0.5) is 0 Å². The Morgan fingerprint density at radius 3 is 2.00 bits per heavy atom. The molecule has 1 rings (SSSR count). The molecule has 7 heteroatoms. The van der Waals surface area contributed by atoms with Crippen molar-refractivity contribution in [1.29, 1.82) is 0 Å². The average molecular weight is 194 g/mol. The lowest BCUT2D eigenvalue weighted by atomic mass is 9.99. The van der Waals surface area contributed by atoms with Crippen LogP contribution < -0.4 is 0 Å². The van der Waals surface area contributed by atoms with E-state index in [4.69, 9.17) is 25.5 Å². The predicted octanol–water partition coefficient (Wildman–Crippen LogP) is -3.13. The van der Waals surface area contributed by atoms with Gasteiger partial charge < -0.3 is 30.3 Å². The van der Waals surface area contributed by atoms with Crippen LogP contribution in [0, 0.1) is 0 Å². The molecule has 3 unspecified atom stereocenters. The van der Waals surface area contributed by atoms with Crippen LogP contribution in [-0.4, -0.2) is 62.2 Å². The first-order chi connectivity index (χ1) is 5.95. The Balaban J connectivity index is 2.76. The zero-order valence-corrected chi connectivity index (χ0v) is 6.44.